The molecule has 0 radical (unpaired) electrons. The average Bonchev–Trinajstić information content (AvgIpc) is 3.25. The van der Waals surface area contributed by atoms with E-state index in [-0.39, 0.29) is 11.9 Å². The molecule has 134 valence electrons. The maximum atomic E-state index is 12.7. The molecule has 0 unspecified atom stereocenters. The molecule has 0 aliphatic carbocycles. The highest BCUT2D eigenvalue weighted by Gasteiger charge is 2.29. The quantitative estimate of drug-likeness (QED) is 0.825. The topological polar surface area (TPSA) is 63.5 Å². The Kier molecular flexibility index (Phi) is 4.82. The van der Waals surface area contributed by atoms with Gasteiger partial charge in [0.25, 0.3) is 0 Å². The first-order chi connectivity index (χ1) is 12.2. The molecule has 2 aliphatic heterocycles. The number of hydrogen-bond donors (Lipinski definition) is 0. The number of carbonyl (C=O) groups is 1. The summed E-state index contributed by atoms with van der Waals surface area (Å²) in [5.41, 5.74) is 4.18. The fourth-order valence-electron chi connectivity index (χ4n) is 3.56. The molecule has 8 heteroatoms. The summed E-state index contributed by atoms with van der Waals surface area (Å²) in [6.07, 6.45) is 2.33. The summed E-state index contributed by atoms with van der Waals surface area (Å²) in [7, 11) is 0. The Hall–Kier alpha value is -1.77. The van der Waals surface area contributed by atoms with Gasteiger partial charge >= 0.3 is 0 Å². The Morgan fingerprint density at radius 2 is 2.24 bits per heavy atom. The summed E-state index contributed by atoms with van der Waals surface area (Å²) >= 11 is 1.70. The van der Waals surface area contributed by atoms with Crippen LogP contribution in [-0.4, -0.2) is 63.3 Å². The molecule has 2 aromatic rings. The van der Waals surface area contributed by atoms with Gasteiger partial charge in [-0.05, 0) is 13.0 Å². The third-order valence-corrected chi connectivity index (χ3v) is 5.86. The van der Waals surface area contributed by atoms with Gasteiger partial charge in [0.15, 0.2) is 0 Å². The van der Waals surface area contributed by atoms with Crippen molar-refractivity contribution in [3.05, 3.63) is 34.0 Å². The maximum absolute atomic E-state index is 12.7. The molecule has 25 heavy (non-hydrogen) atoms. The van der Waals surface area contributed by atoms with Gasteiger partial charge < -0.3 is 9.64 Å². The molecule has 1 fully saturated rings. The van der Waals surface area contributed by atoms with E-state index in [1.807, 2.05) is 21.3 Å². The number of morpholine rings is 1. The molecule has 1 saturated heterocycles. The van der Waals surface area contributed by atoms with E-state index in [9.17, 15) is 4.79 Å². The number of nitrogens with zero attached hydrogens (tertiary/aromatic N) is 5. The van der Waals surface area contributed by atoms with Crippen LogP contribution in [0.5, 0.6) is 0 Å². The number of fused-ring (bicyclic) bond motifs is 1. The van der Waals surface area contributed by atoms with Gasteiger partial charge in [-0.3, -0.25) is 14.4 Å². The van der Waals surface area contributed by atoms with Crippen molar-refractivity contribution in [2.75, 3.05) is 32.8 Å². The number of ether oxygens (including phenoxy) is 1. The van der Waals surface area contributed by atoms with Crippen molar-refractivity contribution in [3.63, 3.8) is 0 Å². The predicted octanol–water partition coefficient (Wildman–Crippen LogP) is 1.45. The van der Waals surface area contributed by atoms with Crippen LogP contribution in [0.2, 0.25) is 0 Å². The lowest BCUT2D eigenvalue weighted by Gasteiger charge is -2.35. The van der Waals surface area contributed by atoms with Gasteiger partial charge in [0.05, 0.1) is 42.6 Å². The van der Waals surface area contributed by atoms with Crippen molar-refractivity contribution < 1.29 is 9.53 Å². The Morgan fingerprint density at radius 3 is 3.00 bits per heavy atom. The Balaban J connectivity index is 1.47. The van der Waals surface area contributed by atoms with Crippen molar-refractivity contribution in [2.24, 2.45) is 0 Å². The van der Waals surface area contributed by atoms with Gasteiger partial charge in [-0.15, -0.1) is 11.3 Å². The maximum Gasteiger partial charge on any atom is 0.224 e. The Bertz CT molecular complexity index is 737. The van der Waals surface area contributed by atoms with Crippen molar-refractivity contribution in [3.8, 4) is 0 Å². The normalized spacial score (nSPS) is 21.3. The van der Waals surface area contributed by atoms with E-state index < -0.39 is 0 Å². The highest BCUT2D eigenvalue weighted by Crippen LogP contribution is 2.26. The predicted molar refractivity (Wildman–Crippen MR) is 94.2 cm³/mol. The zero-order valence-corrected chi connectivity index (χ0v) is 15.2. The highest BCUT2D eigenvalue weighted by atomic mass is 32.1. The molecule has 0 saturated carbocycles. The molecule has 2 aromatic heterocycles. The largest absolute Gasteiger partial charge is 0.378 e. The number of rotatable bonds is 4. The van der Waals surface area contributed by atoms with E-state index in [0.29, 0.717) is 32.7 Å². The van der Waals surface area contributed by atoms with E-state index >= 15 is 0 Å². The monoisotopic (exact) mass is 361 g/mol. The molecule has 0 bridgehead atoms. The van der Waals surface area contributed by atoms with Crippen molar-refractivity contribution >= 4 is 17.2 Å². The number of carbonyl (C=O) groups excluding carboxylic acids is 1. The van der Waals surface area contributed by atoms with Crippen molar-refractivity contribution in [1.82, 2.24) is 24.6 Å². The number of thiazole rings is 1. The number of hydrogen-bond acceptors (Lipinski definition) is 6. The van der Waals surface area contributed by atoms with Gasteiger partial charge in [-0.2, -0.15) is 5.10 Å². The second kappa shape index (κ2) is 7.23. The van der Waals surface area contributed by atoms with Crippen LogP contribution in [0.4, 0.5) is 0 Å². The van der Waals surface area contributed by atoms with Crippen molar-refractivity contribution in [1.29, 1.82) is 0 Å². The fraction of sp³-hybridized carbons (Fsp3) is 0.588. The molecule has 2 aliphatic rings. The van der Waals surface area contributed by atoms with Gasteiger partial charge in [0.1, 0.15) is 0 Å². The second-order valence-corrected chi connectivity index (χ2v) is 7.59. The summed E-state index contributed by atoms with van der Waals surface area (Å²) in [4.78, 5) is 22.6. The molecule has 0 spiro atoms. The summed E-state index contributed by atoms with van der Waals surface area (Å²) in [5, 5.41) is 4.47. The first kappa shape index (κ1) is 16.7. The lowest BCUT2D eigenvalue weighted by atomic mass is 10.1. The van der Waals surface area contributed by atoms with Crippen LogP contribution in [0, 0.1) is 6.92 Å². The standard InChI is InChI=1S/C17H23N5O2S/c1-13-16(25-12-18-13)11-20-9-14-2-3-19-22(14)15(10-20)8-17(23)21-4-6-24-7-5-21/h2-3,12,15H,4-11H2,1H3/t15-/m0/s1. The highest BCUT2D eigenvalue weighted by molar-refractivity contribution is 7.09. The summed E-state index contributed by atoms with van der Waals surface area (Å²) < 4.78 is 7.38. The summed E-state index contributed by atoms with van der Waals surface area (Å²) in [6.45, 7) is 7.30. The molecule has 0 aromatic carbocycles. The minimum absolute atomic E-state index is 0.0855. The number of aryl methyl sites for hydroxylation is 1. The summed E-state index contributed by atoms with van der Waals surface area (Å²) in [5.74, 6) is 0.200. The second-order valence-electron chi connectivity index (χ2n) is 6.65. The zero-order valence-electron chi connectivity index (χ0n) is 14.4. The molecule has 7 nitrogen and oxygen atoms in total. The minimum atomic E-state index is 0.0855. The zero-order chi connectivity index (χ0) is 17.2. The third-order valence-electron chi connectivity index (χ3n) is 4.94. The molecule has 0 N–H and O–H groups in total. The van der Waals surface area contributed by atoms with Crippen LogP contribution in [0.25, 0.3) is 0 Å². The molecular weight excluding hydrogens is 338 g/mol. The molecule has 4 heterocycles. The first-order valence-electron chi connectivity index (χ1n) is 8.70. The van der Waals surface area contributed by atoms with Crippen LogP contribution in [0.15, 0.2) is 17.8 Å². The van der Waals surface area contributed by atoms with Gasteiger partial charge in [0, 0.05) is 43.8 Å². The van der Waals surface area contributed by atoms with Crippen LogP contribution in [-0.2, 0) is 22.6 Å². The van der Waals surface area contributed by atoms with Crippen molar-refractivity contribution in [2.45, 2.75) is 32.5 Å². The SMILES string of the molecule is Cc1ncsc1CN1Cc2ccnn2[C@@H](CC(=O)N2CCOCC2)C1. The fourth-order valence-corrected chi connectivity index (χ4v) is 4.38. The Labute approximate surface area is 151 Å². The van der Waals surface area contributed by atoms with Crippen LogP contribution < -0.4 is 0 Å². The van der Waals surface area contributed by atoms with Crippen LogP contribution in [0.1, 0.15) is 28.7 Å². The van der Waals surface area contributed by atoms with Crippen LogP contribution in [0.3, 0.4) is 0 Å². The first-order valence-corrected chi connectivity index (χ1v) is 9.58. The Morgan fingerprint density at radius 1 is 1.40 bits per heavy atom. The van der Waals surface area contributed by atoms with Gasteiger partial charge in [-0.1, -0.05) is 0 Å². The molecule has 1 amide bonds. The van der Waals surface area contributed by atoms with E-state index in [1.165, 1.54) is 10.6 Å². The lowest BCUT2D eigenvalue weighted by Crippen LogP contribution is -2.44. The lowest BCUT2D eigenvalue weighted by molar-refractivity contribution is -0.136. The number of aromatic nitrogens is 3. The molecule has 4 rings (SSSR count). The van der Waals surface area contributed by atoms with E-state index in [0.717, 1.165) is 25.3 Å². The van der Waals surface area contributed by atoms with Gasteiger partial charge in [0.2, 0.25) is 5.91 Å². The average molecular weight is 361 g/mol. The number of amides is 1. The smallest absolute Gasteiger partial charge is 0.224 e. The van der Waals surface area contributed by atoms with Gasteiger partial charge in [-0.25, -0.2) is 4.98 Å². The minimum Gasteiger partial charge on any atom is -0.378 e. The summed E-state index contributed by atoms with van der Waals surface area (Å²) in [6, 6.07) is 2.14. The van der Waals surface area contributed by atoms with E-state index in [1.54, 1.807) is 11.3 Å². The molecular formula is C17H23N5O2S. The van der Waals surface area contributed by atoms with E-state index in [4.69, 9.17) is 4.74 Å². The molecule has 1 atom stereocenters. The third kappa shape index (κ3) is 3.61. The van der Waals surface area contributed by atoms with Crippen LogP contribution >= 0.6 is 11.3 Å². The van der Waals surface area contributed by atoms with E-state index in [2.05, 4.69) is 28.0 Å².